The highest BCUT2D eigenvalue weighted by Gasteiger charge is 2.14. The molecule has 0 saturated carbocycles. The molecule has 11 heteroatoms. The zero-order valence-corrected chi connectivity index (χ0v) is 18.7. The summed E-state index contributed by atoms with van der Waals surface area (Å²) in [5.41, 5.74) is 1.46. The van der Waals surface area contributed by atoms with Crippen molar-refractivity contribution in [3.63, 3.8) is 0 Å². The molecule has 3 amide bonds. The van der Waals surface area contributed by atoms with Crippen LogP contribution in [0.1, 0.15) is 29.3 Å². The van der Waals surface area contributed by atoms with Crippen LogP contribution in [0.25, 0.3) is 0 Å². The summed E-state index contributed by atoms with van der Waals surface area (Å²) in [4.78, 5) is 48.0. The molecule has 2 aromatic rings. The predicted molar refractivity (Wildman–Crippen MR) is 126 cm³/mol. The van der Waals surface area contributed by atoms with E-state index in [1.54, 1.807) is 12.4 Å². The van der Waals surface area contributed by atoms with Crippen LogP contribution in [0.4, 0.5) is 11.8 Å². The molecule has 2 aromatic heterocycles. The topological polar surface area (TPSA) is 150 Å². The lowest BCUT2D eigenvalue weighted by molar-refractivity contribution is -0.123. The Morgan fingerprint density at radius 2 is 1.76 bits per heavy atom. The van der Waals surface area contributed by atoms with Gasteiger partial charge in [-0.05, 0) is 36.6 Å². The van der Waals surface area contributed by atoms with E-state index in [4.69, 9.17) is 0 Å². The van der Waals surface area contributed by atoms with Crippen molar-refractivity contribution < 1.29 is 14.4 Å². The minimum atomic E-state index is -0.430. The summed E-state index contributed by atoms with van der Waals surface area (Å²) in [6, 6.07) is 3.90. The first-order valence-corrected chi connectivity index (χ1v) is 10.7. The molecule has 176 valence electrons. The van der Waals surface area contributed by atoms with Crippen LogP contribution in [0.3, 0.4) is 0 Å². The minimum Gasteiger partial charge on any atom is -0.369 e. The van der Waals surface area contributed by atoms with Crippen LogP contribution in [-0.2, 0) is 16.0 Å². The van der Waals surface area contributed by atoms with Crippen molar-refractivity contribution in [2.45, 2.75) is 19.8 Å². The molecular formula is C22H30N8O3. The zero-order chi connectivity index (χ0) is 23.9. The number of anilines is 2. The molecular weight excluding hydrogens is 424 g/mol. The van der Waals surface area contributed by atoms with Gasteiger partial charge in [0, 0.05) is 44.8 Å². The van der Waals surface area contributed by atoms with Gasteiger partial charge in [0.05, 0.1) is 6.54 Å². The lowest BCUT2D eigenvalue weighted by atomic mass is 10.2. The molecule has 0 fully saturated rings. The van der Waals surface area contributed by atoms with Crippen LogP contribution < -0.4 is 26.6 Å². The second-order valence-corrected chi connectivity index (χ2v) is 6.94. The second-order valence-electron chi connectivity index (χ2n) is 6.94. The molecule has 2 heterocycles. The number of pyridine rings is 1. The third-order valence-electron chi connectivity index (χ3n) is 4.36. The molecule has 0 aromatic carbocycles. The Labute approximate surface area is 192 Å². The van der Waals surface area contributed by atoms with E-state index >= 15 is 0 Å². The van der Waals surface area contributed by atoms with Crippen molar-refractivity contribution in [3.8, 4) is 0 Å². The normalized spacial score (nSPS) is 10.1. The van der Waals surface area contributed by atoms with E-state index in [-0.39, 0.29) is 31.4 Å². The van der Waals surface area contributed by atoms with E-state index in [1.807, 2.05) is 19.1 Å². The Kier molecular flexibility index (Phi) is 10.8. The third kappa shape index (κ3) is 9.33. The summed E-state index contributed by atoms with van der Waals surface area (Å²) in [6.45, 7) is 6.87. The summed E-state index contributed by atoms with van der Waals surface area (Å²) in [6.07, 6.45) is 7.70. The number of aromatic nitrogens is 3. The Hall–Kier alpha value is -4.02. The lowest BCUT2D eigenvalue weighted by Crippen LogP contribution is -2.40. The molecule has 0 bridgehead atoms. The van der Waals surface area contributed by atoms with E-state index < -0.39 is 5.91 Å². The Bertz CT molecular complexity index is 936. The first kappa shape index (κ1) is 25.2. The van der Waals surface area contributed by atoms with E-state index in [2.05, 4.69) is 48.1 Å². The SMILES string of the molecule is C=CC(=O)NCC(=O)NCCNC(=O)c1cnc(NCCc2ccncc2)nc1NCCC. The average Bonchev–Trinajstić information content (AvgIpc) is 2.84. The maximum absolute atomic E-state index is 12.6. The molecule has 0 atom stereocenters. The molecule has 33 heavy (non-hydrogen) atoms. The van der Waals surface area contributed by atoms with Crippen molar-refractivity contribution in [2.75, 3.05) is 43.4 Å². The highest BCUT2D eigenvalue weighted by Crippen LogP contribution is 2.14. The minimum absolute atomic E-state index is 0.159. The molecule has 5 N–H and O–H groups in total. The molecule has 0 radical (unpaired) electrons. The van der Waals surface area contributed by atoms with Gasteiger partial charge in [0.1, 0.15) is 11.4 Å². The summed E-state index contributed by atoms with van der Waals surface area (Å²) < 4.78 is 0. The van der Waals surface area contributed by atoms with Crippen molar-refractivity contribution in [1.29, 1.82) is 0 Å². The lowest BCUT2D eigenvalue weighted by Gasteiger charge is -2.13. The quantitative estimate of drug-likeness (QED) is 0.205. The maximum Gasteiger partial charge on any atom is 0.256 e. The van der Waals surface area contributed by atoms with Gasteiger partial charge in [-0.1, -0.05) is 13.5 Å². The highest BCUT2D eigenvalue weighted by molar-refractivity contribution is 5.98. The second kappa shape index (κ2) is 14.1. The Morgan fingerprint density at radius 3 is 2.48 bits per heavy atom. The van der Waals surface area contributed by atoms with Gasteiger partial charge in [-0.3, -0.25) is 19.4 Å². The number of hydrogen-bond acceptors (Lipinski definition) is 8. The largest absolute Gasteiger partial charge is 0.369 e. The fourth-order valence-electron chi connectivity index (χ4n) is 2.65. The smallest absolute Gasteiger partial charge is 0.256 e. The van der Waals surface area contributed by atoms with Crippen LogP contribution in [-0.4, -0.2) is 65.4 Å². The summed E-state index contributed by atoms with van der Waals surface area (Å²) in [7, 11) is 0. The molecule has 0 aliphatic heterocycles. The van der Waals surface area contributed by atoms with Gasteiger partial charge in [0.15, 0.2) is 0 Å². The molecule has 0 saturated heterocycles. The maximum atomic E-state index is 12.6. The summed E-state index contributed by atoms with van der Waals surface area (Å²) in [5, 5.41) is 14.0. The van der Waals surface area contributed by atoms with E-state index in [1.165, 1.54) is 6.20 Å². The third-order valence-corrected chi connectivity index (χ3v) is 4.36. The van der Waals surface area contributed by atoms with Gasteiger partial charge in [0.25, 0.3) is 5.91 Å². The number of carbonyl (C=O) groups excluding carboxylic acids is 3. The number of hydrogen-bond donors (Lipinski definition) is 5. The zero-order valence-electron chi connectivity index (χ0n) is 18.7. The van der Waals surface area contributed by atoms with Gasteiger partial charge >= 0.3 is 0 Å². The monoisotopic (exact) mass is 454 g/mol. The van der Waals surface area contributed by atoms with Crippen LogP contribution in [0.5, 0.6) is 0 Å². The van der Waals surface area contributed by atoms with E-state index in [9.17, 15) is 14.4 Å². The van der Waals surface area contributed by atoms with Crippen LogP contribution >= 0.6 is 0 Å². The molecule has 0 spiro atoms. The number of amides is 3. The molecule has 0 aliphatic carbocycles. The average molecular weight is 455 g/mol. The summed E-state index contributed by atoms with van der Waals surface area (Å²) >= 11 is 0. The van der Waals surface area contributed by atoms with Crippen molar-refractivity contribution in [2.24, 2.45) is 0 Å². The van der Waals surface area contributed by atoms with Crippen LogP contribution in [0.15, 0.2) is 43.4 Å². The van der Waals surface area contributed by atoms with Gasteiger partial charge < -0.3 is 26.6 Å². The predicted octanol–water partition coefficient (Wildman–Crippen LogP) is 0.496. The number of nitrogens with zero attached hydrogens (tertiary/aromatic N) is 3. The highest BCUT2D eigenvalue weighted by atomic mass is 16.2. The standard InChI is InChI=1S/C22H30N8O3/c1-3-8-25-20-17(21(33)26-13-12-24-19(32)15-28-18(31)4-2)14-29-22(30-20)27-11-7-16-5-9-23-10-6-16/h4-6,9-10,14H,2-3,7-8,11-13,15H2,1H3,(H,24,32)(H,26,33)(H,28,31)(H2,25,27,29,30). The van der Waals surface area contributed by atoms with Crippen LogP contribution in [0, 0.1) is 0 Å². The molecule has 2 rings (SSSR count). The van der Waals surface area contributed by atoms with Gasteiger partial charge in [-0.15, -0.1) is 0 Å². The van der Waals surface area contributed by atoms with Crippen molar-refractivity contribution in [3.05, 3.63) is 54.5 Å². The van der Waals surface area contributed by atoms with Crippen molar-refractivity contribution in [1.82, 2.24) is 30.9 Å². The fraction of sp³-hybridized carbons (Fsp3) is 0.364. The Balaban J connectivity index is 1.85. The van der Waals surface area contributed by atoms with Gasteiger partial charge in [-0.25, -0.2) is 4.98 Å². The Morgan fingerprint density at radius 1 is 1.00 bits per heavy atom. The van der Waals surface area contributed by atoms with Gasteiger partial charge in [-0.2, -0.15) is 4.98 Å². The molecule has 0 aliphatic rings. The van der Waals surface area contributed by atoms with Gasteiger partial charge in [0.2, 0.25) is 17.8 Å². The summed E-state index contributed by atoms with van der Waals surface area (Å²) in [5.74, 6) is -0.290. The number of carbonyl (C=O) groups is 3. The molecule has 11 nitrogen and oxygen atoms in total. The first-order valence-electron chi connectivity index (χ1n) is 10.7. The van der Waals surface area contributed by atoms with E-state index in [0.717, 1.165) is 24.5 Å². The molecule has 0 unspecified atom stereocenters. The fourth-order valence-corrected chi connectivity index (χ4v) is 2.65. The van der Waals surface area contributed by atoms with Crippen molar-refractivity contribution >= 4 is 29.5 Å². The van der Waals surface area contributed by atoms with Crippen LogP contribution in [0.2, 0.25) is 0 Å². The van der Waals surface area contributed by atoms with E-state index in [0.29, 0.717) is 30.4 Å². The number of nitrogens with one attached hydrogen (secondary N) is 5. The number of rotatable bonds is 14. The first-order chi connectivity index (χ1) is 16.0.